The minimum atomic E-state index is 0.196. The molecule has 2 aromatic rings. The van der Waals surface area contributed by atoms with Crippen LogP contribution in [0.4, 0.5) is 0 Å². The van der Waals surface area contributed by atoms with Crippen LogP contribution >= 0.6 is 0 Å². The van der Waals surface area contributed by atoms with Gasteiger partial charge in [-0.25, -0.2) is 0 Å². The predicted octanol–water partition coefficient (Wildman–Crippen LogP) is 2.95. The van der Waals surface area contributed by atoms with Crippen molar-refractivity contribution in [3.05, 3.63) is 53.3 Å². The molecule has 0 amide bonds. The Hall–Kier alpha value is -2.03. The molecule has 0 atom stereocenters. The van der Waals surface area contributed by atoms with Crippen LogP contribution in [0.1, 0.15) is 23.7 Å². The quantitative estimate of drug-likeness (QED) is 0.897. The summed E-state index contributed by atoms with van der Waals surface area (Å²) in [6.45, 7) is 2.10. The maximum absolute atomic E-state index is 10.00. The van der Waals surface area contributed by atoms with Crippen molar-refractivity contribution in [3.63, 3.8) is 0 Å². The minimum absolute atomic E-state index is 0.196. The Kier molecular flexibility index (Phi) is 3.82. The van der Waals surface area contributed by atoms with Gasteiger partial charge in [0.25, 0.3) is 0 Å². The maximum Gasteiger partial charge on any atom is 0.161 e. The second-order valence-corrected chi connectivity index (χ2v) is 4.16. The van der Waals surface area contributed by atoms with Crippen molar-refractivity contribution >= 4 is 0 Å². The molecule has 0 aliphatic carbocycles. The lowest BCUT2D eigenvalue weighted by atomic mass is 10.1. The van der Waals surface area contributed by atoms with Crippen molar-refractivity contribution < 1.29 is 9.84 Å². The highest BCUT2D eigenvalue weighted by Crippen LogP contribution is 2.30. The molecule has 0 saturated carbocycles. The Balaban J connectivity index is 2.22. The second-order valence-electron chi connectivity index (χ2n) is 4.16. The number of benzene rings is 1. The Morgan fingerprint density at radius 2 is 2.06 bits per heavy atom. The summed E-state index contributed by atoms with van der Waals surface area (Å²) in [7, 11) is 1.55. The molecular weight excluding hydrogens is 226 g/mol. The number of aryl methyl sites for hydroxylation is 1. The van der Waals surface area contributed by atoms with Gasteiger partial charge in [-0.3, -0.25) is 4.98 Å². The van der Waals surface area contributed by atoms with Crippen LogP contribution in [-0.4, -0.2) is 17.2 Å². The molecule has 1 N–H and O–H groups in total. The van der Waals surface area contributed by atoms with Gasteiger partial charge >= 0.3 is 0 Å². The van der Waals surface area contributed by atoms with Gasteiger partial charge < -0.3 is 9.84 Å². The number of phenolic OH excluding ortho intramolecular Hbond substituents is 1. The van der Waals surface area contributed by atoms with E-state index < -0.39 is 0 Å². The summed E-state index contributed by atoms with van der Waals surface area (Å²) in [5.74, 6) is 0.694. The summed E-state index contributed by atoms with van der Waals surface area (Å²) < 4.78 is 5.09. The van der Waals surface area contributed by atoms with Gasteiger partial charge in [0.05, 0.1) is 7.11 Å². The lowest BCUT2D eigenvalue weighted by Gasteiger charge is -2.08. The summed E-state index contributed by atoms with van der Waals surface area (Å²) in [6, 6.07) is 9.56. The lowest BCUT2D eigenvalue weighted by molar-refractivity contribution is 0.371. The van der Waals surface area contributed by atoms with Crippen molar-refractivity contribution in [1.82, 2.24) is 4.98 Å². The zero-order valence-electron chi connectivity index (χ0n) is 10.7. The first-order valence-corrected chi connectivity index (χ1v) is 6.03. The first kappa shape index (κ1) is 12.4. The normalized spacial score (nSPS) is 10.3. The number of aromatic nitrogens is 1. The molecule has 0 radical (unpaired) electrons. The van der Waals surface area contributed by atoms with E-state index in [0.717, 1.165) is 17.7 Å². The number of rotatable bonds is 4. The smallest absolute Gasteiger partial charge is 0.161 e. The van der Waals surface area contributed by atoms with Crippen LogP contribution in [0.3, 0.4) is 0 Å². The van der Waals surface area contributed by atoms with Crippen LogP contribution in [0.15, 0.2) is 36.5 Å². The summed E-state index contributed by atoms with van der Waals surface area (Å²) in [5, 5.41) is 10.00. The molecule has 3 nitrogen and oxygen atoms in total. The summed E-state index contributed by atoms with van der Waals surface area (Å²) >= 11 is 0. The van der Waals surface area contributed by atoms with E-state index in [4.69, 9.17) is 4.74 Å². The standard InChI is InChI=1S/C15H17NO2/c1-3-11-7-8-13(16-10-11)9-12-5-4-6-14(18-2)15(12)17/h4-8,10,17H,3,9H2,1-2H3. The molecule has 1 aromatic carbocycles. The van der Waals surface area contributed by atoms with E-state index in [9.17, 15) is 5.11 Å². The second kappa shape index (κ2) is 5.54. The largest absolute Gasteiger partial charge is 0.504 e. The molecule has 2 rings (SSSR count). The lowest BCUT2D eigenvalue weighted by Crippen LogP contribution is -1.95. The van der Waals surface area contributed by atoms with E-state index in [1.807, 2.05) is 24.4 Å². The first-order chi connectivity index (χ1) is 8.74. The highest BCUT2D eigenvalue weighted by atomic mass is 16.5. The molecule has 0 aliphatic heterocycles. The highest BCUT2D eigenvalue weighted by Gasteiger charge is 2.08. The van der Waals surface area contributed by atoms with Gasteiger partial charge in [-0.2, -0.15) is 0 Å². The van der Waals surface area contributed by atoms with Crippen molar-refractivity contribution in [2.45, 2.75) is 19.8 Å². The van der Waals surface area contributed by atoms with Crippen LogP contribution in [0.2, 0.25) is 0 Å². The van der Waals surface area contributed by atoms with Crippen molar-refractivity contribution in [3.8, 4) is 11.5 Å². The topological polar surface area (TPSA) is 42.4 Å². The van der Waals surface area contributed by atoms with E-state index in [2.05, 4.69) is 18.0 Å². The third-order valence-electron chi connectivity index (χ3n) is 2.97. The van der Waals surface area contributed by atoms with Crippen LogP contribution in [0.25, 0.3) is 0 Å². The van der Waals surface area contributed by atoms with Crippen molar-refractivity contribution in [2.75, 3.05) is 7.11 Å². The number of hydrogen-bond acceptors (Lipinski definition) is 3. The fraction of sp³-hybridized carbons (Fsp3) is 0.267. The van der Waals surface area contributed by atoms with Crippen LogP contribution in [0.5, 0.6) is 11.5 Å². The van der Waals surface area contributed by atoms with Crippen LogP contribution in [0, 0.1) is 0 Å². The summed E-state index contributed by atoms with van der Waals surface area (Å²) in [5.41, 5.74) is 2.98. The fourth-order valence-corrected chi connectivity index (χ4v) is 1.84. The van der Waals surface area contributed by atoms with E-state index in [0.29, 0.717) is 12.2 Å². The molecule has 18 heavy (non-hydrogen) atoms. The Bertz CT molecular complexity index is 521. The van der Waals surface area contributed by atoms with Gasteiger partial charge in [0.15, 0.2) is 11.5 Å². The van der Waals surface area contributed by atoms with E-state index >= 15 is 0 Å². The highest BCUT2D eigenvalue weighted by molar-refractivity contribution is 5.46. The Morgan fingerprint density at radius 1 is 1.22 bits per heavy atom. The SMILES string of the molecule is CCc1ccc(Cc2cccc(OC)c2O)nc1. The van der Waals surface area contributed by atoms with Gasteiger partial charge in [0.2, 0.25) is 0 Å². The number of aromatic hydroxyl groups is 1. The van der Waals surface area contributed by atoms with Crippen molar-refractivity contribution in [1.29, 1.82) is 0 Å². The predicted molar refractivity (Wildman–Crippen MR) is 71.1 cm³/mol. The van der Waals surface area contributed by atoms with Gasteiger partial charge in [-0.05, 0) is 24.1 Å². The molecule has 1 heterocycles. The van der Waals surface area contributed by atoms with E-state index in [1.54, 1.807) is 13.2 Å². The third kappa shape index (κ3) is 2.62. The zero-order valence-corrected chi connectivity index (χ0v) is 10.7. The Labute approximate surface area is 107 Å². The maximum atomic E-state index is 10.00. The molecule has 0 saturated heterocycles. The molecular formula is C15H17NO2. The van der Waals surface area contributed by atoms with Crippen molar-refractivity contribution in [2.24, 2.45) is 0 Å². The fourth-order valence-electron chi connectivity index (χ4n) is 1.84. The number of ether oxygens (including phenoxy) is 1. The minimum Gasteiger partial charge on any atom is -0.504 e. The number of phenols is 1. The molecule has 1 aromatic heterocycles. The average molecular weight is 243 g/mol. The van der Waals surface area contributed by atoms with Crippen LogP contribution in [-0.2, 0) is 12.8 Å². The molecule has 0 bridgehead atoms. The van der Waals surface area contributed by atoms with Gasteiger partial charge in [0, 0.05) is 23.9 Å². The number of hydrogen-bond donors (Lipinski definition) is 1. The van der Waals surface area contributed by atoms with Gasteiger partial charge in [-0.15, -0.1) is 0 Å². The van der Waals surface area contributed by atoms with Gasteiger partial charge in [-0.1, -0.05) is 25.1 Å². The monoisotopic (exact) mass is 243 g/mol. The van der Waals surface area contributed by atoms with E-state index in [1.165, 1.54) is 5.56 Å². The van der Waals surface area contributed by atoms with Gasteiger partial charge in [0.1, 0.15) is 0 Å². The van der Waals surface area contributed by atoms with E-state index in [-0.39, 0.29) is 5.75 Å². The van der Waals surface area contributed by atoms with Crippen LogP contribution < -0.4 is 4.74 Å². The Morgan fingerprint density at radius 3 is 2.67 bits per heavy atom. The molecule has 0 spiro atoms. The molecule has 0 aliphatic rings. The average Bonchev–Trinajstić information content (AvgIpc) is 2.42. The molecule has 3 heteroatoms. The summed E-state index contributed by atoms with van der Waals surface area (Å²) in [6.07, 6.45) is 3.47. The number of nitrogens with zero attached hydrogens (tertiary/aromatic N) is 1. The number of para-hydroxylation sites is 1. The number of pyridine rings is 1. The third-order valence-corrected chi connectivity index (χ3v) is 2.97. The molecule has 94 valence electrons. The molecule has 0 fully saturated rings. The first-order valence-electron chi connectivity index (χ1n) is 6.03. The number of methoxy groups -OCH3 is 1. The molecule has 0 unspecified atom stereocenters. The summed E-state index contributed by atoms with van der Waals surface area (Å²) in [4.78, 5) is 4.39. The zero-order chi connectivity index (χ0) is 13.0.